The number of pyridine rings is 1. The molecule has 0 radical (unpaired) electrons. The highest BCUT2D eigenvalue weighted by Gasteiger charge is 2.18. The van der Waals surface area contributed by atoms with E-state index in [1.54, 1.807) is 0 Å². The van der Waals surface area contributed by atoms with Crippen LogP contribution in [0.2, 0.25) is 0 Å². The number of rotatable bonds is 6. The van der Waals surface area contributed by atoms with Gasteiger partial charge in [-0.05, 0) is 68.7 Å². The third-order valence-electron chi connectivity index (χ3n) is 6.44. The first kappa shape index (κ1) is 23.9. The standard InChI is InChI=1S/C29H29N3O3S/c1-18-5-4-6-21(12-18)9-10-32(29(36)31-24-8-7-19(2)11-20(24)3)16-23-13-22-14-26-27(35-17-34-26)15-25(22)30-28(23)33/h4-8,11-15H,9-10,16-17H2,1-3H3,(H,30,33)(H,31,36). The smallest absolute Gasteiger partial charge is 0.253 e. The van der Waals surface area contributed by atoms with Crippen molar-refractivity contribution in [1.82, 2.24) is 9.88 Å². The second-order valence-electron chi connectivity index (χ2n) is 9.33. The van der Waals surface area contributed by atoms with Gasteiger partial charge in [-0.25, -0.2) is 0 Å². The van der Waals surface area contributed by atoms with E-state index in [-0.39, 0.29) is 12.4 Å². The van der Waals surface area contributed by atoms with Crippen molar-refractivity contribution >= 4 is 33.9 Å². The molecule has 3 aromatic carbocycles. The summed E-state index contributed by atoms with van der Waals surface area (Å²) in [6, 6.07) is 20.3. The SMILES string of the molecule is Cc1cccc(CCN(Cc2cc3cc4c(cc3[nH]c2=O)OCO4)C(=S)Nc2ccc(C)cc2C)c1. The molecule has 2 N–H and O–H groups in total. The zero-order valence-electron chi connectivity index (χ0n) is 20.7. The largest absolute Gasteiger partial charge is 0.454 e. The van der Waals surface area contributed by atoms with Gasteiger partial charge in [0.15, 0.2) is 16.6 Å². The van der Waals surface area contributed by atoms with Crippen molar-refractivity contribution in [2.45, 2.75) is 33.7 Å². The van der Waals surface area contributed by atoms with Crippen LogP contribution in [0.1, 0.15) is 27.8 Å². The number of aryl methyl sites for hydroxylation is 3. The Balaban J connectivity index is 1.43. The number of anilines is 1. The van der Waals surface area contributed by atoms with Crippen molar-refractivity contribution < 1.29 is 9.47 Å². The minimum absolute atomic E-state index is 0.142. The van der Waals surface area contributed by atoms with Crippen LogP contribution >= 0.6 is 12.2 Å². The van der Waals surface area contributed by atoms with Gasteiger partial charge in [0.1, 0.15) is 0 Å². The van der Waals surface area contributed by atoms with Crippen LogP contribution in [-0.2, 0) is 13.0 Å². The van der Waals surface area contributed by atoms with Crippen molar-refractivity contribution in [3.63, 3.8) is 0 Å². The predicted octanol–water partition coefficient (Wildman–Crippen LogP) is 5.62. The average Bonchev–Trinajstić information content (AvgIpc) is 3.29. The maximum absolute atomic E-state index is 13.0. The molecule has 0 saturated carbocycles. The van der Waals surface area contributed by atoms with Crippen molar-refractivity contribution in [2.24, 2.45) is 0 Å². The summed E-state index contributed by atoms with van der Waals surface area (Å²) in [5, 5.41) is 4.88. The van der Waals surface area contributed by atoms with E-state index in [9.17, 15) is 4.79 Å². The molecule has 0 amide bonds. The van der Waals surface area contributed by atoms with Gasteiger partial charge in [-0.1, -0.05) is 47.5 Å². The van der Waals surface area contributed by atoms with Crippen LogP contribution in [0.4, 0.5) is 5.69 Å². The van der Waals surface area contributed by atoms with E-state index in [0.717, 1.165) is 28.6 Å². The molecule has 5 rings (SSSR count). The molecule has 0 spiro atoms. The van der Waals surface area contributed by atoms with Gasteiger partial charge in [0.2, 0.25) is 6.79 Å². The zero-order valence-corrected chi connectivity index (χ0v) is 21.5. The number of aromatic amines is 1. The lowest BCUT2D eigenvalue weighted by Crippen LogP contribution is -2.37. The van der Waals surface area contributed by atoms with E-state index >= 15 is 0 Å². The molecule has 2 heterocycles. The number of H-pyrrole nitrogens is 1. The fraction of sp³-hybridized carbons (Fsp3) is 0.241. The summed E-state index contributed by atoms with van der Waals surface area (Å²) in [5.41, 5.74) is 6.95. The molecule has 0 unspecified atom stereocenters. The zero-order chi connectivity index (χ0) is 25.2. The minimum atomic E-state index is -0.142. The number of benzene rings is 3. The Morgan fingerprint density at radius 3 is 2.56 bits per heavy atom. The summed E-state index contributed by atoms with van der Waals surface area (Å²) in [6.45, 7) is 7.46. The molecule has 7 heteroatoms. The quantitative estimate of drug-likeness (QED) is 0.336. The molecule has 1 aliphatic rings. The van der Waals surface area contributed by atoms with Crippen LogP contribution in [-0.4, -0.2) is 28.3 Å². The van der Waals surface area contributed by atoms with E-state index in [0.29, 0.717) is 35.3 Å². The van der Waals surface area contributed by atoms with Gasteiger partial charge in [0, 0.05) is 29.2 Å². The first-order valence-electron chi connectivity index (χ1n) is 12.0. The molecule has 1 aromatic heterocycles. The van der Waals surface area contributed by atoms with E-state index in [1.807, 2.05) is 24.3 Å². The summed E-state index contributed by atoms with van der Waals surface area (Å²) in [4.78, 5) is 18.1. The van der Waals surface area contributed by atoms with Crippen molar-refractivity contribution in [3.05, 3.63) is 98.8 Å². The van der Waals surface area contributed by atoms with Crippen LogP contribution in [0.15, 0.2) is 65.5 Å². The van der Waals surface area contributed by atoms with Crippen LogP contribution < -0.4 is 20.3 Å². The van der Waals surface area contributed by atoms with Gasteiger partial charge >= 0.3 is 0 Å². The van der Waals surface area contributed by atoms with E-state index < -0.39 is 0 Å². The molecule has 0 atom stereocenters. The third-order valence-corrected chi connectivity index (χ3v) is 6.80. The number of nitrogens with zero attached hydrogens (tertiary/aromatic N) is 1. The molecule has 4 aromatic rings. The molecule has 0 aliphatic carbocycles. The number of fused-ring (bicyclic) bond motifs is 2. The molecular weight excluding hydrogens is 470 g/mol. The normalized spacial score (nSPS) is 12.1. The van der Waals surface area contributed by atoms with Gasteiger partial charge in [-0.2, -0.15) is 0 Å². The molecule has 184 valence electrons. The fourth-order valence-corrected chi connectivity index (χ4v) is 4.76. The maximum Gasteiger partial charge on any atom is 0.253 e. The topological polar surface area (TPSA) is 66.6 Å². The van der Waals surface area contributed by atoms with Crippen LogP contribution in [0.5, 0.6) is 11.5 Å². The Hall–Kier alpha value is -3.84. The maximum atomic E-state index is 13.0. The van der Waals surface area contributed by atoms with Crippen molar-refractivity contribution in [1.29, 1.82) is 0 Å². The Kier molecular flexibility index (Phi) is 6.65. The van der Waals surface area contributed by atoms with Crippen LogP contribution in [0.3, 0.4) is 0 Å². The first-order chi connectivity index (χ1) is 17.4. The summed E-state index contributed by atoms with van der Waals surface area (Å²) >= 11 is 5.86. The van der Waals surface area contributed by atoms with Gasteiger partial charge in [-0.3, -0.25) is 4.79 Å². The van der Waals surface area contributed by atoms with E-state index in [2.05, 4.69) is 72.4 Å². The summed E-state index contributed by atoms with van der Waals surface area (Å²) in [6.07, 6.45) is 0.806. The van der Waals surface area contributed by atoms with E-state index in [4.69, 9.17) is 21.7 Å². The third kappa shape index (κ3) is 5.21. The highest BCUT2D eigenvalue weighted by molar-refractivity contribution is 7.80. The van der Waals surface area contributed by atoms with Gasteiger partial charge in [0.25, 0.3) is 5.56 Å². The Morgan fingerprint density at radius 2 is 1.78 bits per heavy atom. The summed E-state index contributed by atoms with van der Waals surface area (Å²) < 4.78 is 11.0. The number of nitrogens with one attached hydrogen (secondary N) is 2. The highest BCUT2D eigenvalue weighted by Crippen LogP contribution is 2.35. The Bertz CT molecular complexity index is 1510. The van der Waals surface area contributed by atoms with Gasteiger partial charge in [0.05, 0.1) is 12.1 Å². The number of hydrogen-bond donors (Lipinski definition) is 2. The summed E-state index contributed by atoms with van der Waals surface area (Å²) in [5.74, 6) is 1.33. The molecule has 36 heavy (non-hydrogen) atoms. The first-order valence-corrected chi connectivity index (χ1v) is 12.4. The Morgan fingerprint density at radius 1 is 1.00 bits per heavy atom. The predicted molar refractivity (Wildman–Crippen MR) is 148 cm³/mol. The van der Waals surface area contributed by atoms with E-state index in [1.165, 1.54) is 16.7 Å². The minimum Gasteiger partial charge on any atom is -0.454 e. The Labute approximate surface area is 215 Å². The second-order valence-corrected chi connectivity index (χ2v) is 9.71. The highest BCUT2D eigenvalue weighted by atomic mass is 32.1. The number of ether oxygens (including phenoxy) is 2. The van der Waals surface area contributed by atoms with Gasteiger partial charge in [-0.15, -0.1) is 0 Å². The average molecular weight is 500 g/mol. The molecule has 1 aliphatic heterocycles. The lowest BCUT2D eigenvalue weighted by atomic mass is 10.1. The van der Waals surface area contributed by atoms with Crippen molar-refractivity contribution in [3.8, 4) is 11.5 Å². The molecule has 6 nitrogen and oxygen atoms in total. The van der Waals surface area contributed by atoms with Crippen LogP contribution in [0, 0.1) is 20.8 Å². The van der Waals surface area contributed by atoms with Crippen molar-refractivity contribution in [2.75, 3.05) is 18.7 Å². The van der Waals surface area contributed by atoms with Gasteiger partial charge < -0.3 is 24.7 Å². The number of hydrogen-bond acceptors (Lipinski definition) is 4. The molecule has 0 saturated heterocycles. The molecule has 0 bridgehead atoms. The van der Waals surface area contributed by atoms with Crippen LogP contribution in [0.25, 0.3) is 10.9 Å². The number of aromatic nitrogens is 1. The lowest BCUT2D eigenvalue weighted by Gasteiger charge is -2.26. The molecule has 0 fully saturated rings. The number of thiocarbonyl (C=S) groups is 1. The second kappa shape index (κ2) is 10.0. The summed E-state index contributed by atoms with van der Waals surface area (Å²) in [7, 11) is 0. The lowest BCUT2D eigenvalue weighted by molar-refractivity contribution is 0.174. The monoisotopic (exact) mass is 499 g/mol. The molecular formula is C29H29N3O3S. The fourth-order valence-electron chi connectivity index (χ4n) is 4.50.